The van der Waals surface area contributed by atoms with Crippen molar-refractivity contribution in [2.45, 2.75) is 24.7 Å². The zero-order chi connectivity index (χ0) is 17.9. The topological polar surface area (TPSA) is 62.3 Å². The monoisotopic (exact) mass is 379 g/mol. The number of sulfonamides is 1. The smallest absolute Gasteiger partial charge is 0.240 e. The molecule has 1 aromatic heterocycles. The number of halogens is 1. The zero-order valence-corrected chi connectivity index (χ0v) is 15.7. The minimum Gasteiger partial charge on any atom is -0.357 e. The van der Waals surface area contributed by atoms with Crippen LogP contribution in [0, 0.1) is 12.8 Å². The van der Waals surface area contributed by atoms with Crippen LogP contribution in [-0.4, -0.2) is 33.0 Å². The second-order valence-corrected chi connectivity index (χ2v) is 8.48. The van der Waals surface area contributed by atoms with Crippen molar-refractivity contribution in [2.75, 3.05) is 24.5 Å². The molecule has 1 aliphatic rings. The Morgan fingerprint density at radius 1 is 1.20 bits per heavy atom. The lowest BCUT2D eigenvalue weighted by Crippen LogP contribution is -2.39. The number of piperidine rings is 1. The van der Waals surface area contributed by atoms with Gasteiger partial charge in [-0.3, -0.25) is 0 Å². The molecule has 25 heavy (non-hydrogen) atoms. The van der Waals surface area contributed by atoms with Crippen molar-refractivity contribution in [3.63, 3.8) is 0 Å². The zero-order valence-electron chi connectivity index (χ0n) is 14.2. The fourth-order valence-corrected chi connectivity index (χ4v) is 4.70. The molecular formula is C18H22ClN3O2S. The summed E-state index contributed by atoms with van der Waals surface area (Å²) < 4.78 is 27.8. The summed E-state index contributed by atoms with van der Waals surface area (Å²) in [4.78, 5) is 6.87. The Balaban J connectivity index is 1.57. The molecule has 1 aromatic carbocycles. The average Bonchev–Trinajstić information content (AvgIpc) is 2.63. The summed E-state index contributed by atoms with van der Waals surface area (Å²) in [6.45, 7) is 3.95. The molecular weight excluding hydrogens is 358 g/mol. The van der Waals surface area contributed by atoms with Crippen LogP contribution in [-0.2, 0) is 10.0 Å². The van der Waals surface area contributed by atoms with Crippen molar-refractivity contribution in [1.29, 1.82) is 0 Å². The third-order valence-corrected chi connectivity index (χ3v) is 6.63. The molecule has 1 aliphatic heterocycles. The Bertz CT molecular complexity index is 819. The molecule has 134 valence electrons. The van der Waals surface area contributed by atoms with Crippen molar-refractivity contribution in [2.24, 2.45) is 5.92 Å². The Kier molecular flexibility index (Phi) is 5.61. The number of hydrogen-bond donors (Lipinski definition) is 1. The van der Waals surface area contributed by atoms with Crippen LogP contribution in [0.25, 0.3) is 0 Å². The highest BCUT2D eigenvalue weighted by Crippen LogP contribution is 2.24. The SMILES string of the molecule is Cc1c(Cl)cccc1S(=O)(=O)NCC1CCN(c2ccccn2)CC1. The van der Waals surface area contributed by atoms with Gasteiger partial charge in [-0.15, -0.1) is 0 Å². The first-order chi connectivity index (χ1) is 12.0. The van der Waals surface area contributed by atoms with E-state index in [1.54, 1.807) is 31.3 Å². The van der Waals surface area contributed by atoms with E-state index in [2.05, 4.69) is 14.6 Å². The maximum absolute atomic E-state index is 12.5. The molecule has 0 unspecified atom stereocenters. The Morgan fingerprint density at radius 3 is 2.64 bits per heavy atom. The lowest BCUT2D eigenvalue weighted by molar-refractivity contribution is 0.400. The number of pyridine rings is 1. The summed E-state index contributed by atoms with van der Waals surface area (Å²) in [5.41, 5.74) is 0.585. The van der Waals surface area contributed by atoms with Crippen LogP contribution in [0.4, 0.5) is 5.82 Å². The Morgan fingerprint density at radius 2 is 1.96 bits per heavy atom. The Hall–Kier alpha value is -1.63. The van der Waals surface area contributed by atoms with Crippen LogP contribution in [0.5, 0.6) is 0 Å². The number of anilines is 1. The second-order valence-electron chi connectivity index (χ2n) is 6.33. The minimum absolute atomic E-state index is 0.255. The largest absolute Gasteiger partial charge is 0.357 e. The predicted molar refractivity (Wildman–Crippen MR) is 101 cm³/mol. The lowest BCUT2D eigenvalue weighted by Gasteiger charge is -2.32. The maximum atomic E-state index is 12.5. The number of nitrogens with zero attached hydrogens (tertiary/aromatic N) is 2. The summed E-state index contributed by atoms with van der Waals surface area (Å²) in [5, 5.41) is 0.464. The first-order valence-electron chi connectivity index (χ1n) is 8.38. The number of hydrogen-bond acceptors (Lipinski definition) is 4. The van der Waals surface area contributed by atoms with Crippen LogP contribution in [0.2, 0.25) is 5.02 Å². The lowest BCUT2D eigenvalue weighted by atomic mass is 9.97. The number of aromatic nitrogens is 1. The van der Waals surface area contributed by atoms with Gasteiger partial charge in [0.25, 0.3) is 0 Å². The molecule has 0 amide bonds. The normalized spacial score (nSPS) is 16.2. The van der Waals surface area contributed by atoms with E-state index in [-0.39, 0.29) is 4.90 Å². The van der Waals surface area contributed by atoms with Gasteiger partial charge in [-0.1, -0.05) is 23.7 Å². The van der Waals surface area contributed by atoms with Gasteiger partial charge in [0.15, 0.2) is 0 Å². The molecule has 2 heterocycles. The quantitative estimate of drug-likeness (QED) is 0.866. The van der Waals surface area contributed by atoms with Gasteiger partial charge in [-0.05, 0) is 55.5 Å². The van der Waals surface area contributed by atoms with Crippen LogP contribution in [0.3, 0.4) is 0 Å². The molecule has 0 spiro atoms. The minimum atomic E-state index is -3.54. The summed E-state index contributed by atoms with van der Waals surface area (Å²) >= 11 is 6.04. The molecule has 2 aromatic rings. The van der Waals surface area contributed by atoms with Crippen molar-refractivity contribution < 1.29 is 8.42 Å². The number of nitrogens with one attached hydrogen (secondary N) is 1. The van der Waals surface area contributed by atoms with Crippen LogP contribution in [0.15, 0.2) is 47.5 Å². The third kappa shape index (κ3) is 4.32. The Labute approximate surface area is 154 Å². The van der Waals surface area contributed by atoms with Gasteiger partial charge in [0.05, 0.1) is 4.90 Å². The van der Waals surface area contributed by atoms with Crippen LogP contribution < -0.4 is 9.62 Å². The molecule has 1 N–H and O–H groups in total. The van der Waals surface area contributed by atoms with Gasteiger partial charge in [0, 0.05) is 30.9 Å². The molecule has 7 heteroatoms. The fourth-order valence-electron chi connectivity index (χ4n) is 3.09. The molecule has 0 atom stereocenters. The van der Waals surface area contributed by atoms with E-state index >= 15 is 0 Å². The van der Waals surface area contributed by atoms with E-state index in [1.807, 2.05) is 18.2 Å². The third-order valence-electron chi connectivity index (χ3n) is 4.66. The van der Waals surface area contributed by atoms with Gasteiger partial charge in [-0.2, -0.15) is 0 Å². The highest BCUT2D eigenvalue weighted by Gasteiger charge is 2.23. The van der Waals surface area contributed by atoms with E-state index in [1.165, 1.54) is 0 Å². The van der Waals surface area contributed by atoms with Crippen molar-refractivity contribution in [1.82, 2.24) is 9.71 Å². The van der Waals surface area contributed by atoms with E-state index < -0.39 is 10.0 Å². The number of benzene rings is 1. The molecule has 1 fully saturated rings. The summed E-state index contributed by atoms with van der Waals surface area (Å²) in [5.74, 6) is 1.31. The highest BCUT2D eigenvalue weighted by molar-refractivity contribution is 7.89. The molecule has 0 bridgehead atoms. The maximum Gasteiger partial charge on any atom is 0.240 e. The fraction of sp³-hybridized carbons (Fsp3) is 0.389. The standard InChI is InChI=1S/C18H22ClN3O2S/c1-14-16(19)5-4-6-17(14)25(23,24)21-13-15-8-11-22(12-9-15)18-7-2-3-10-20-18/h2-7,10,15,21H,8-9,11-13H2,1H3. The number of rotatable bonds is 5. The van der Waals surface area contributed by atoms with Gasteiger partial charge < -0.3 is 4.90 Å². The van der Waals surface area contributed by atoms with E-state index in [4.69, 9.17) is 11.6 Å². The first kappa shape index (κ1) is 18.2. The summed E-state index contributed by atoms with van der Waals surface area (Å²) in [7, 11) is -3.54. The first-order valence-corrected chi connectivity index (χ1v) is 10.2. The van der Waals surface area contributed by atoms with Crippen molar-refractivity contribution in [3.05, 3.63) is 53.2 Å². The van der Waals surface area contributed by atoms with Gasteiger partial charge >= 0.3 is 0 Å². The van der Waals surface area contributed by atoms with E-state index in [9.17, 15) is 8.42 Å². The van der Waals surface area contributed by atoms with Gasteiger partial charge in [0.1, 0.15) is 5.82 Å². The van der Waals surface area contributed by atoms with Crippen molar-refractivity contribution in [3.8, 4) is 0 Å². The van der Waals surface area contributed by atoms with Gasteiger partial charge in [0.2, 0.25) is 10.0 Å². The molecule has 0 aliphatic carbocycles. The molecule has 5 nitrogen and oxygen atoms in total. The van der Waals surface area contributed by atoms with Crippen LogP contribution >= 0.6 is 11.6 Å². The predicted octanol–water partition coefficient (Wildman–Crippen LogP) is 3.24. The average molecular weight is 380 g/mol. The summed E-state index contributed by atoms with van der Waals surface area (Å²) in [6.07, 6.45) is 3.67. The summed E-state index contributed by atoms with van der Waals surface area (Å²) in [6, 6.07) is 10.8. The van der Waals surface area contributed by atoms with Crippen LogP contribution in [0.1, 0.15) is 18.4 Å². The van der Waals surface area contributed by atoms with Gasteiger partial charge in [-0.25, -0.2) is 18.1 Å². The van der Waals surface area contributed by atoms with E-state index in [0.29, 0.717) is 23.0 Å². The van der Waals surface area contributed by atoms with E-state index in [0.717, 1.165) is 31.7 Å². The van der Waals surface area contributed by atoms with Crippen molar-refractivity contribution >= 4 is 27.4 Å². The second kappa shape index (κ2) is 7.72. The molecule has 0 saturated carbocycles. The molecule has 3 rings (SSSR count). The molecule has 0 radical (unpaired) electrons. The highest BCUT2D eigenvalue weighted by atomic mass is 35.5. The molecule has 1 saturated heterocycles.